The summed E-state index contributed by atoms with van der Waals surface area (Å²) in [5, 5.41) is 4.96. The molecule has 23 heavy (non-hydrogen) atoms. The molecule has 0 radical (unpaired) electrons. The van der Waals surface area contributed by atoms with Crippen LogP contribution in [0.3, 0.4) is 0 Å². The molecule has 1 aromatic carbocycles. The molecule has 2 N–H and O–H groups in total. The normalized spacial score (nSPS) is 24.8. The maximum atomic E-state index is 11.9. The summed E-state index contributed by atoms with van der Waals surface area (Å²) in [7, 11) is 0. The van der Waals surface area contributed by atoms with E-state index in [4.69, 9.17) is 4.74 Å². The van der Waals surface area contributed by atoms with Crippen molar-refractivity contribution in [3.8, 4) is 0 Å². The van der Waals surface area contributed by atoms with Crippen molar-refractivity contribution in [3.63, 3.8) is 0 Å². The van der Waals surface area contributed by atoms with Crippen LogP contribution in [0.4, 0.5) is 4.79 Å². The number of aryl methyl sites for hydroxylation is 1. The Balaban J connectivity index is 1.51. The second-order valence-electron chi connectivity index (χ2n) is 5.99. The van der Waals surface area contributed by atoms with E-state index in [2.05, 4.69) is 22.8 Å². The smallest absolute Gasteiger partial charge is 0.322 e. The predicted molar refractivity (Wildman–Crippen MR) is 84.2 cm³/mol. The Kier molecular flexibility index (Phi) is 3.08. The Morgan fingerprint density at radius 2 is 1.91 bits per heavy atom. The van der Waals surface area contributed by atoms with Gasteiger partial charge in [0, 0.05) is 11.5 Å². The molecular weight excluding hydrogens is 292 g/mol. The number of ether oxygens (including phenoxy) is 1. The summed E-state index contributed by atoms with van der Waals surface area (Å²) in [6.07, 6.45) is 5.88. The lowest BCUT2D eigenvalue weighted by Crippen LogP contribution is -2.36. The van der Waals surface area contributed by atoms with Gasteiger partial charge in [0.1, 0.15) is 18.4 Å². The van der Waals surface area contributed by atoms with Gasteiger partial charge in [-0.15, -0.1) is 0 Å². The van der Waals surface area contributed by atoms with Gasteiger partial charge in [0.15, 0.2) is 0 Å². The minimum atomic E-state index is -0.556. The molecule has 116 valence electrons. The zero-order chi connectivity index (χ0) is 16.0. The number of nitrogens with one attached hydrogen (secondary N) is 2. The zero-order valence-electron chi connectivity index (χ0n) is 12.6. The van der Waals surface area contributed by atoms with Crippen molar-refractivity contribution in [1.29, 1.82) is 0 Å². The van der Waals surface area contributed by atoms with Gasteiger partial charge in [-0.25, -0.2) is 4.79 Å². The first-order valence-corrected chi connectivity index (χ1v) is 7.55. The van der Waals surface area contributed by atoms with Crippen LogP contribution in [-0.4, -0.2) is 18.0 Å². The fourth-order valence-corrected chi connectivity index (χ4v) is 3.19. The fourth-order valence-electron chi connectivity index (χ4n) is 3.19. The van der Waals surface area contributed by atoms with Gasteiger partial charge in [-0.1, -0.05) is 42.0 Å². The lowest BCUT2D eigenvalue weighted by Gasteiger charge is -2.16. The number of rotatable bonds is 4. The highest BCUT2D eigenvalue weighted by molar-refractivity contribution is 6.05. The van der Waals surface area contributed by atoms with E-state index in [9.17, 15) is 9.59 Å². The molecule has 1 aromatic rings. The number of hydrogen-bond donors (Lipinski definition) is 2. The number of carbonyl (C=O) groups is 2. The molecule has 0 aromatic heterocycles. The summed E-state index contributed by atoms with van der Waals surface area (Å²) in [6.45, 7) is 2.53. The van der Waals surface area contributed by atoms with Crippen LogP contribution in [-0.2, 0) is 16.1 Å². The Labute approximate surface area is 133 Å². The van der Waals surface area contributed by atoms with Crippen LogP contribution in [0.1, 0.15) is 11.1 Å². The fraction of sp³-hybridized carbons (Fsp3) is 0.222. The van der Waals surface area contributed by atoms with Gasteiger partial charge in [-0.3, -0.25) is 10.1 Å². The van der Waals surface area contributed by atoms with Gasteiger partial charge < -0.3 is 10.1 Å². The van der Waals surface area contributed by atoms with E-state index in [1.165, 1.54) is 5.56 Å². The average molecular weight is 308 g/mol. The predicted octanol–water partition coefficient (Wildman–Crippen LogP) is 2.10. The summed E-state index contributed by atoms with van der Waals surface area (Å²) in [4.78, 5) is 23.2. The van der Waals surface area contributed by atoms with Crippen molar-refractivity contribution in [2.24, 2.45) is 5.92 Å². The highest BCUT2D eigenvalue weighted by Crippen LogP contribution is 2.42. The average Bonchev–Trinajstić information content (AvgIpc) is 3.18. The van der Waals surface area contributed by atoms with E-state index < -0.39 is 12.1 Å². The Bertz CT molecular complexity index is 787. The summed E-state index contributed by atoms with van der Waals surface area (Å²) in [5.41, 5.74) is 4.26. The molecule has 2 aliphatic carbocycles. The van der Waals surface area contributed by atoms with Gasteiger partial charge in [0.25, 0.3) is 5.91 Å². The SMILES string of the molecule is Cc1ccc(COC2=C3C=CC(=C2)C3C2NC(=O)NC2=O)cc1. The highest BCUT2D eigenvalue weighted by atomic mass is 16.5. The molecular formula is C18H16N2O3. The van der Waals surface area contributed by atoms with E-state index in [0.29, 0.717) is 6.61 Å². The quantitative estimate of drug-likeness (QED) is 0.837. The van der Waals surface area contributed by atoms with Crippen LogP contribution in [0.15, 0.2) is 59.4 Å². The molecule has 0 saturated carbocycles. The van der Waals surface area contributed by atoms with Crippen molar-refractivity contribution < 1.29 is 14.3 Å². The maximum absolute atomic E-state index is 11.9. The third-order valence-electron chi connectivity index (χ3n) is 4.39. The number of allylic oxidation sites excluding steroid dienone is 3. The molecule has 0 spiro atoms. The van der Waals surface area contributed by atoms with E-state index in [1.807, 2.05) is 37.3 Å². The number of hydrogen-bond acceptors (Lipinski definition) is 3. The topological polar surface area (TPSA) is 67.4 Å². The monoisotopic (exact) mass is 308 g/mol. The molecule has 1 fully saturated rings. The van der Waals surface area contributed by atoms with Crippen LogP contribution in [0.25, 0.3) is 0 Å². The van der Waals surface area contributed by atoms with Crippen LogP contribution in [0.5, 0.6) is 0 Å². The number of urea groups is 1. The van der Waals surface area contributed by atoms with Crippen LogP contribution in [0.2, 0.25) is 0 Å². The Morgan fingerprint density at radius 3 is 2.61 bits per heavy atom. The first kappa shape index (κ1) is 13.8. The third-order valence-corrected chi connectivity index (χ3v) is 4.39. The summed E-state index contributed by atoms with van der Waals surface area (Å²) < 4.78 is 5.92. The highest BCUT2D eigenvalue weighted by Gasteiger charge is 2.44. The molecule has 1 saturated heterocycles. The molecule has 2 unspecified atom stereocenters. The Morgan fingerprint density at radius 1 is 1.13 bits per heavy atom. The second-order valence-corrected chi connectivity index (χ2v) is 5.99. The van der Waals surface area contributed by atoms with E-state index >= 15 is 0 Å². The molecule has 1 heterocycles. The van der Waals surface area contributed by atoms with Crippen molar-refractivity contribution in [1.82, 2.24) is 10.6 Å². The van der Waals surface area contributed by atoms with Crippen molar-refractivity contribution >= 4 is 11.9 Å². The van der Waals surface area contributed by atoms with Crippen molar-refractivity contribution in [2.45, 2.75) is 19.6 Å². The first-order valence-electron chi connectivity index (χ1n) is 7.55. The number of imide groups is 1. The molecule has 5 heteroatoms. The number of fused-ring (bicyclic) bond motifs is 2. The van der Waals surface area contributed by atoms with Gasteiger partial charge >= 0.3 is 6.03 Å². The summed E-state index contributed by atoms with van der Waals surface area (Å²) >= 11 is 0. The second kappa shape index (κ2) is 5.12. The van der Waals surface area contributed by atoms with Gasteiger partial charge in [0.05, 0.1) is 0 Å². The standard InChI is InChI=1S/C18H16N2O3/c1-10-2-4-11(5-3-10)9-23-14-8-12-6-7-13(14)15(12)16-17(21)20-18(22)19-16/h2-8,15-16H,9H2,1H3,(H2,19,20,21,22). The lowest BCUT2D eigenvalue weighted by atomic mass is 9.93. The maximum Gasteiger partial charge on any atom is 0.322 e. The minimum absolute atomic E-state index is 0.144. The minimum Gasteiger partial charge on any atom is -0.489 e. The van der Waals surface area contributed by atoms with Crippen LogP contribution < -0.4 is 10.6 Å². The van der Waals surface area contributed by atoms with E-state index in [-0.39, 0.29) is 11.8 Å². The number of benzene rings is 1. The summed E-state index contributed by atoms with van der Waals surface area (Å²) in [6, 6.07) is 7.19. The third kappa shape index (κ3) is 2.34. The molecule has 2 bridgehead atoms. The lowest BCUT2D eigenvalue weighted by molar-refractivity contribution is -0.120. The van der Waals surface area contributed by atoms with Gasteiger partial charge in [0.2, 0.25) is 0 Å². The molecule has 2 atom stereocenters. The molecule has 3 aliphatic rings. The van der Waals surface area contributed by atoms with Crippen LogP contribution in [0, 0.1) is 12.8 Å². The van der Waals surface area contributed by atoms with Crippen molar-refractivity contribution in [2.75, 3.05) is 0 Å². The van der Waals surface area contributed by atoms with E-state index in [1.54, 1.807) is 0 Å². The molecule has 3 amide bonds. The number of amides is 3. The molecule has 5 nitrogen and oxygen atoms in total. The number of carbonyl (C=O) groups excluding carboxylic acids is 2. The van der Waals surface area contributed by atoms with Gasteiger partial charge in [-0.2, -0.15) is 0 Å². The zero-order valence-corrected chi connectivity index (χ0v) is 12.6. The first-order chi connectivity index (χ1) is 11.1. The van der Waals surface area contributed by atoms with Crippen LogP contribution >= 0.6 is 0 Å². The largest absolute Gasteiger partial charge is 0.489 e. The van der Waals surface area contributed by atoms with Crippen molar-refractivity contribution in [3.05, 3.63) is 70.5 Å². The van der Waals surface area contributed by atoms with Gasteiger partial charge in [-0.05, 0) is 24.1 Å². The van der Waals surface area contributed by atoms with E-state index in [0.717, 1.165) is 22.5 Å². The molecule has 1 aliphatic heterocycles. The summed E-state index contributed by atoms with van der Waals surface area (Å²) in [5.74, 6) is 0.350. The Hall–Kier alpha value is -2.82. The molecule has 4 rings (SSSR count).